The third-order valence-electron chi connectivity index (χ3n) is 11.2. The Morgan fingerprint density at radius 3 is 2.34 bits per heavy atom. The first-order valence-electron chi connectivity index (χ1n) is 16.4. The van der Waals surface area contributed by atoms with Crippen LogP contribution >= 0.6 is 0 Å². The highest BCUT2D eigenvalue weighted by atomic mass is 19.1. The van der Waals surface area contributed by atoms with Crippen molar-refractivity contribution >= 4 is 11.6 Å². The van der Waals surface area contributed by atoms with Crippen LogP contribution in [0.5, 0.6) is 6.01 Å². The molecule has 2 heterocycles. The molecule has 4 bridgehead atoms. The number of halogens is 1. The highest BCUT2D eigenvalue weighted by Crippen LogP contribution is 2.58. The minimum atomic E-state index is -0.876. The van der Waals surface area contributed by atoms with Crippen molar-refractivity contribution < 1.29 is 18.4 Å². The van der Waals surface area contributed by atoms with Gasteiger partial charge in [-0.3, -0.25) is 4.79 Å². The Morgan fingerprint density at radius 2 is 1.73 bits per heavy atom. The van der Waals surface area contributed by atoms with Gasteiger partial charge in [0.1, 0.15) is 6.17 Å². The first kappa shape index (κ1) is 29.4. The van der Waals surface area contributed by atoms with Crippen LogP contribution in [0.1, 0.15) is 97.2 Å². The van der Waals surface area contributed by atoms with Gasteiger partial charge in [-0.1, -0.05) is 38.1 Å². The Kier molecular flexibility index (Phi) is 7.28. The fraction of sp³-hybridized carbons (Fsp3) is 0.629. The third kappa shape index (κ3) is 5.20. The number of nitrogens with zero attached hydrogens (tertiary/aromatic N) is 5. The van der Waals surface area contributed by atoms with Gasteiger partial charge in [0.25, 0.3) is 0 Å². The van der Waals surface area contributed by atoms with E-state index in [1.165, 1.54) is 0 Å². The molecule has 0 radical (unpaired) electrons. The van der Waals surface area contributed by atoms with E-state index in [1.54, 1.807) is 12.4 Å². The standard InChI is InChI=1S/C35H44FN5O3/c1-5-43-32-37-19-25(20-38-32)22-7-6-8-26(17-22)41(29(42)27-18-28(36)24-15-23(27)16-24)21-34-9-12-35(13-10-34,14-11-34)31-39-30(40-44-31)33(2,3)4/h6-8,17,19-20,23-24,27-28H,5,9-16,18,21H2,1-4H3. The second-order valence-corrected chi connectivity index (χ2v) is 15.0. The van der Waals surface area contributed by atoms with E-state index in [0.29, 0.717) is 31.5 Å². The molecule has 2 aromatic heterocycles. The summed E-state index contributed by atoms with van der Waals surface area (Å²) in [4.78, 5) is 30.0. The summed E-state index contributed by atoms with van der Waals surface area (Å²) in [5.74, 6) is 1.80. The fourth-order valence-electron chi connectivity index (χ4n) is 8.18. The number of aromatic nitrogens is 4. The molecule has 0 N–H and O–H groups in total. The molecule has 234 valence electrons. The van der Waals surface area contributed by atoms with Crippen LogP contribution in [0.2, 0.25) is 0 Å². The molecule has 6 saturated carbocycles. The van der Waals surface area contributed by atoms with Gasteiger partial charge >= 0.3 is 6.01 Å². The van der Waals surface area contributed by atoms with Crippen LogP contribution in [0, 0.1) is 23.2 Å². The molecular formula is C35H44FN5O3. The molecule has 0 saturated heterocycles. The zero-order valence-electron chi connectivity index (χ0n) is 26.4. The number of hydrogen-bond donors (Lipinski definition) is 0. The number of carbonyl (C=O) groups is 1. The Balaban J connectivity index is 1.16. The maximum Gasteiger partial charge on any atom is 0.316 e. The molecule has 6 fully saturated rings. The maximum absolute atomic E-state index is 14.9. The highest BCUT2D eigenvalue weighted by molar-refractivity contribution is 5.96. The Bertz CT molecular complexity index is 1480. The number of rotatable bonds is 8. The Labute approximate surface area is 259 Å². The van der Waals surface area contributed by atoms with Gasteiger partial charge in [-0.15, -0.1) is 0 Å². The van der Waals surface area contributed by atoms with Gasteiger partial charge in [-0.25, -0.2) is 14.4 Å². The molecule has 6 aliphatic rings. The number of benzene rings is 1. The summed E-state index contributed by atoms with van der Waals surface area (Å²) in [5, 5.41) is 4.33. The van der Waals surface area contributed by atoms with Gasteiger partial charge in [0.15, 0.2) is 5.82 Å². The number of hydrogen-bond acceptors (Lipinski definition) is 7. The second-order valence-electron chi connectivity index (χ2n) is 15.0. The molecule has 8 nitrogen and oxygen atoms in total. The van der Waals surface area contributed by atoms with Gasteiger partial charge in [-0.2, -0.15) is 4.98 Å². The molecule has 1 aromatic carbocycles. The van der Waals surface area contributed by atoms with E-state index in [9.17, 15) is 9.18 Å². The summed E-state index contributed by atoms with van der Waals surface area (Å²) in [6.07, 6.45) is 10.6. The number of amides is 1. The number of ether oxygens (including phenoxy) is 1. The summed E-state index contributed by atoms with van der Waals surface area (Å²) < 4.78 is 26.2. The minimum Gasteiger partial charge on any atom is -0.464 e. The number of fused-ring (bicyclic) bond motifs is 5. The van der Waals surface area contributed by atoms with E-state index < -0.39 is 6.17 Å². The van der Waals surface area contributed by atoms with E-state index >= 15 is 0 Å². The van der Waals surface area contributed by atoms with E-state index in [4.69, 9.17) is 14.2 Å². The number of carbonyl (C=O) groups excluding carboxylic acids is 1. The van der Waals surface area contributed by atoms with E-state index in [1.807, 2.05) is 30.0 Å². The maximum atomic E-state index is 14.9. The summed E-state index contributed by atoms with van der Waals surface area (Å²) >= 11 is 0. The average molecular weight is 602 g/mol. The topological polar surface area (TPSA) is 94.2 Å². The SMILES string of the molecule is CCOc1ncc(-c2cccc(N(CC34CCC(c5nc(C(C)(C)C)no5)(CC3)CC4)C(=O)C3CC(F)C4CC3C4)c2)cn1. The van der Waals surface area contributed by atoms with Crippen LogP contribution in [0.15, 0.2) is 41.2 Å². The lowest BCUT2D eigenvalue weighted by Gasteiger charge is -2.54. The molecule has 2 unspecified atom stereocenters. The average Bonchev–Trinajstić information content (AvgIpc) is 3.53. The summed E-state index contributed by atoms with van der Waals surface area (Å²) in [6, 6.07) is 8.45. The Morgan fingerprint density at radius 1 is 1.02 bits per heavy atom. The monoisotopic (exact) mass is 601 g/mol. The van der Waals surface area contributed by atoms with Crippen molar-refractivity contribution in [3.8, 4) is 17.1 Å². The molecule has 0 spiro atoms. The van der Waals surface area contributed by atoms with Gasteiger partial charge in [-0.05, 0) is 99.7 Å². The fourth-order valence-corrected chi connectivity index (χ4v) is 8.18. The molecule has 0 aliphatic heterocycles. The summed E-state index contributed by atoms with van der Waals surface area (Å²) in [6.45, 7) is 9.37. The molecular weight excluding hydrogens is 557 g/mol. The first-order chi connectivity index (χ1) is 21.1. The second kappa shape index (κ2) is 10.9. The van der Waals surface area contributed by atoms with Crippen LogP contribution in [-0.4, -0.2) is 45.3 Å². The van der Waals surface area contributed by atoms with Crippen LogP contribution < -0.4 is 9.64 Å². The normalized spacial score (nSPS) is 30.9. The molecule has 9 heteroatoms. The first-order valence-corrected chi connectivity index (χ1v) is 16.4. The van der Waals surface area contributed by atoms with E-state index in [-0.39, 0.29) is 34.0 Å². The predicted molar refractivity (Wildman–Crippen MR) is 165 cm³/mol. The lowest BCUT2D eigenvalue weighted by molar-refractivity contribution is -0.133. The van der Waals surface area contributed by atoms with Gasteiger partial charge in [0.05, 0.1) is 6.61 Å². The lowest BCUT2D eigenvalue weighted by Crippen LogP contribution is -2.54. The van der Waals surface area contributed by atoms with E-state index in [2.05, 4.69) is 42.0 Å². The molecule has 6 aliphatic carbocycles. The predicted octanol–water partition coefficient (Wildman–Crippen LogP) is 7.23. The van der Waals surface area contributed by atoms with Gasteiger partial charge in [0.2, 0.25) is 11.8 Å². The lowest BCUT2D eigenvalue weighted by atomic mass is 9.53. The van der Waals surface area contributed by atoms with Crippen molar-refractivity contribution in [2.45, 2.75) is 102 Å². The van der Waals surface area contributed by atoms with E-state index in [0.717, 1.165) is 79.9 Å². The van der Waals surface area contributed by atoms with Gasteiger partial charge < -0.3 is 14.2 Å². The van der Waals surface area contributed by atoms with Gasteiger partial charge in [0, 0.05) is 46.9 Å². The summed E-state index contributed by atoms with van der Waals surface area (Å²) in [7, 11) is 0. The third-order valence-corrected chi connectivity index (χ3v) is 11.2. The number of anilines is 1. The van der Waals surface area contributed by atoms with Crippen molar-refractivity contribution in [3.05, 3.63) is 48.4 Å². The largest absolute Gasteiger partial charge is 0.464 e. The Hall–Kier alpha value is -3.36. The quantitative estimate of drug-likeness (QED) is 0.269. The van der Waals surface area contributed by atoms with Crippen molar-refractivity contribution in [2.75, 3.05) is 18.1 Å². The van der Waals surface area contributed by atoms with Crippen LogP contribution in [0.3, 0.4) is 0 Å². The molecule has 3 aromatic rings. The zero-order chi connectivity index (χ0) is 30.7. The molecule has 1 amide bonds. The van der Waals surface area contributed by atoms with Crippen molar-refractivity contribution in [3.63, 3.8) is 0 Å². The van der Waals surface area contributed by atoms with Crippen LogP contribution in [0.4, 0.5) is 10.1 Å². The minimum absolute atomic E-state index is 0.00841. The van der Waals surface area contributed by atoms with Crippen LogP contribution in [-0.2, 0) is 15.6 Å². The van der Waals surface area contributed by atoms with Crippen LogP contribution in [0.25, 0.3) is 11.1 Å². The van der Waals surface area contributed by atoms with Crippen molar-refractivity contribution in [1.82, 2.24) is 20.1 Å². The molecule has 44 heavy (non-hydrogen) atoms. The molecule has 9 rings (SSSR count). The van der Waals surface area contributed by atoms with Crippen molar-refractivity contribution in [2.24, 2.45) is 23.2 Å². The van der Waals surface area contributed by atoms with Crippen molar-refractivity contribution in [1.29, 1.82) is 0 Å². The molecule has 2 atom stereocenters. The highest BCUT2D eigenvalue weighted by Gasteiger charge is 2.55. The summed E-state index contributed by atoms with van der Waals surface area (Å²) in [5.41, 5.74) is 2.44. The zero-order valence-corrected chi connectivity index (χ0v) is 26.4. The smallest absolute Gasteiger partial charge is 0.316 e. The number of alkyl halides is 1.